The highest BCUT2D eigenvalue weighted by molar-refractivity contribution is 7.89. The fourth-order valence-corrected chi connectivity index (χ4v) is 4.56. The molecule has 1 atom stereocenters. The molecule has 3 aromatic rings. The summed E-state index contributed by atoms with van der Waals surface area (Å²) in [5.41, 5.74) is 1.60. The minimum Gasteiger partial charge on any atom is -0.491 e. The maximum absolute atomic E-state index is 13.1. The number of H-pyrrole nitrogens is 1. The lowest BCUT2D eigenvalue weighted by molar-refractivity contribution is -0.134. The maximum Gasteiger partial charge on any atom is 0.286 e. The van der Waals surface area contributed by atoms with Crippen LogP contribution in [0, 0.1) is 0 Å². The quantitative estimate of drug-likeness (QED) is 0.431. The van der Waals surface area contributed by atoms with Gasteiger partial charge in [-0.15, -0.1) is 0 Å². The van der Waals surface area contributed by atoms with E-state index in [2.05, 4.69) is 15.3 Å². The molecule has 0 aliphatic carbocycles. The van der Waals surface area contributed by atoms with Crippen molar-refractivity contribution in [1.82, 2.24) is 24.3 Å². The fraction of sp³-hybridized carbons (Fsp3) is 0.316. The molecule has 0 saturated heterocycles. The van der Waals surface area contributed by atoms with E-state index in [0.717, 1.165) is 4.09 Å². The van der Waals surface area contributed by atoms with Gasteiger partial charge in [0.2, 0.25) is 5.91 Å². The largest absolute Gasteiger partial charge is 0.491 e. The Bertz CT molecular complexity index is 1150. The predicted octanol–water partition coefficient (Wildman–Crippen LogP) is -0.167. The van der Waals surface area contributed by atoms with Crippen LogP contribution in [0.1, 0.15) is 22.7 Å². The van der Waals surface area contributed by atoms with Crippen molar-refractivity contribution in [2.24, 2.45) is 0 Å². The van der Waals surface area contributed by atoms with Crippen LogP contribution >= 0.6 is 0 Å². The van der Waals surface area contributed by atoms with Crippen molar-refractivity contribution in [3.05, 3.63) is 59.7 Å². The normalized spacial score (nSPS) is 14.5. The first-order valence-electron chi connectivity index (χ1n) is 9.49. The van der Waals surface area contributed by atoms with E-state index in [-0.39, 0.29) is 37.1 Å². The Balaban J connectivity index is 1.53. The van der Waals surface area contributed by atoms with Gasteiger partial charge in [0, 0.05) is 30.1 Å². The first-order valence-corrected chi connectivity index (χ1v) is 10.9. The molecule has 12 heteroatoms. The van der Waals surface area contributed by atoms with Crippen LogP contribution < -0.4 is 4.74 Å². The van der Waals surface area contributed by atoms with Crippen LogP contribution in [-0.2, 0) is 27.9 Å². The molecule has 0 saturated carbocycles. The van der Waals surface area contributed by atoms with Crippen molar-refractivity contribution in [2.45, 2.75) is 23.9 Å². The molecule has 1 aliphatic heterocycles. The minimum atomic E-state index is -3.86. The van der Waals surface area contributed by atoms with Gasteiger partial charge in [0.25, 0.3) is 10.0 Å². The Labute approximate surface area is 177 Å². The first kappa shape index (κ1) is 21.0. The van der Waals surface area contributed by atoms with Crippen LogP contribution in [0.15, 0.2) is 47.8 Å². The van der Waals surface area contributed by atoms with Crippen LogP contribution in [0.5, 0.6) is 5.75 Å². The highest BCUT2D eigenvalue weighted by Crippen LogP contribution is 2.31. The Morgan fingerprint density at radius 2 is 2.06 bits per heavy atom. The van der Waals surface area contributed by atoms with E-state index in [9.17, 15) is 18.3 Å². The van der Waals surface area contributed by atoms with Crippen molar-refractivity contribution in [3.63, 3.8) is 0 Å². The number of aromatic amines is 1. The van der Waals surface area contributed by atoms with E-state index >= 15 is 0 Å². The average Bonchev–Trinajstić information content (AvgIpc) is 3.50. The number of hydrogen-bond donors (Lipinski definition) is 3. The van der Waals surface area contributed by atoms with Crippen LogP contribution in [0.25, 0.3) is 0 Å². The Kier molecular flexibility index (Phi) is 5.76. The van der Waals surface area contributed by atoms with Crippen molar-refractivity contribution >= 4 is 15.9 Å². The molecule has 11 nitrogen and oxygen atoms in total. The van der Waals surface area contributed by atoms with Crippen LogP contribution in [0.4, 0.5) is 0 Å². The van der Waals surface area contributed by atoms with E-state index < -0.39 is 22.5 Å². The number of fused-ring (bicyclic) bond motifs is 1. The molecule has 31 heavy (non-hydrogen) atoms. The second kappa shape index (κ2) is 8.49. The van der Waals surface area contributed by atoms with Gasteiger partial charge in [-0.2, -0.15) is 22.7 Å². The zero-order valence-electron chi connectivity index (χ0n) is 16.4. The lowest BCUT2D eigenvalue weighted by Gasteiger charge is -2.23. The van der Waals surface area contributed by atoms with E-state index in [4.69, 9.17) is 9.84 Å². The highest BCUT2D eigenvalue weighted by atomic mass is 32.2. The zero-order valence-corrected chi connectivity index (χ0v) is 17.2. The van der Waals surface area contributed by atoms with Gasteiger partial charge >= 0.3 is 0 Å². The second-order valence-electron chi connectivity index (χ2n) is 6.95. The standard InChI is InChI=1S/C19H21N5O6S/c25-5-6-30-18-4-2-1-3-15(18)16(12-26)19(27)23-9-13-10-24(22-17(13)11-23)31(28,29)14-7-20-21-8-14/h1-4,7-8,10,16,25-26H,5-6,9,11-12H2,(H,20,21)/t16-/m1/s1. The fourth-order valence-electron chi connectivity index (χ4n) is 3.48. The molecule has 3 heterocycles. The predicted molar refractivity (Wildman–Crippen MR) is 107 cm³/mol. The molecular formula is C19H21N5O6S. The number of carbonyl (C=O) groups is 1. The Morgan fingerprint density at radius 3 is 2.74 bits per heavy atom. The third-order valence-electron chi connectivity index (χ3n) is 5.01. The summed E-state index contributed by atoms with van der Waals surface area (Å²) >= 11 is 0. The van der Waals surface area contributed by atoms with Crippen molar-refractivity contribution in [2.75, 3.05) is 19.8 Å². The zero-order chi connectivity index (χ0) is 22.0. The molecule has 1 aliphatic rings. The lowest BCUT2D eigenvalue weighted by atomic mass is 9.97. The minimum absolute atomic E-state index is 0.0126. The number of benzene rings is 1. The van der Waals surface area contributed by atoms with Crippen molar-refractivity contribution in [1.29, 1.82) is 0 Å². The van der Waals surface area contributed by atoms with Crippen LogP contribution in [-0.4, -0.2) is 68.6 Å². The second-order valence-corrected chi connectivity index (χ2v) is 8.75. The smallest absolute Gasteiger partial charge is 0.286 e. The summed E-state index contributed by atoms with van der Waals surface area (Å²) < 4.78 is 31.5. The van der Waals surface area contributed by atoms with Gasteiger partial charge in [-0.05, 0) is 6.07 Å². The van der Waals surface area contributed by atoms with E-state index in [0.29, 0.717) is 22.6 Å². The molecule has 0 radical (unpaired) electrons. The number of hydrogen-bond acceptors (Lipinski definition) is 8. The number of carbonyl (C=O) groups excluding carboxylic acids is 1. The van der Waals surface area contributed by atoms with E-state index in [1.165, 1.54) is 23.5 Å². The summed E-state index contributed by atoms with van der Waals surface area (Å²) in [6, 6.07) is 6.84. The van der Waals surface area contributed by atoms with Gasteiger partial charge in [0.1, 0.15) is 17.3 Å². The van der Waals surface area contributed by atoms with Gasteiger partial charge in [0.15, 0.2) is 0 Å². The van der Waals surface area contributed by atoms with Crippen molar-refractivity contribution < 1.29 is 28.2 Å². The molecule has 0 unspecified atom stereocenters. The molecule has 4 rings (SSSR count). The van der Waals surface area contributed by atoms with Crippen molar-refractivity contribution in [3.8, 4) is 5.75 Å². The van der Waals surface area contributed by atoms with Gasteiger partial charge in [-0.25, -0.2) is 0 Å². The SMILES string of the molecule is O=C([C@H](CO)c1ccccc1OCCO)N1Cc2cn(S(=O)(=O)c3cn[nH]c3)nc2C1. The Morgan fingerprint density at radius 1 is 1.26 bits per heavy atom. The maximum atomic E-state index is 13.1. The monoisotopic (exact) mass is 447 g/mol. The number of aromatic nitrogens is 4. The number of aliphatic hydroxyl groups is 2. The van der Waals surface area contributed by atoms with Gasteiger partial charge < -0.3 is 19.8 Å². The summed E-state index contributed by atoms with van der Waals surface area (Å²) in [4.78, 5) is 14.6. The summed E-state index contributed by atoms with van der Waals surface area (Å²) in [5, 5.41) is 29.2. The van der Waals surface area contributed by atoms with Gasteiger partial charge in [-0.3, -0.25) is 9.89 Å². The first-order chi connectivity index (χ1) is 15.0. The molecule has 0 fully saturated rings. The topological polar surface area (TPSA) is 151 Å². The summed E-state index contributed by atoms with van der Waals surface area (Å²) in [5.74, 6) is -0.775. The summed E-state index contributed by atoms with van der Waals surface area (Å²) in [6.07, 6.45) is 3.84. The molecule has 164 valence electrons. The third kappa shape index (κ3) is 3.92. The number of ether oxygens (including phenoxy) is 1. The average molecular weight is 447 g/mol. The number of rotatable bonds is 8. The summed E-state index contributed by atoms with van der Waals surface area (Å²) in [6.45, 7) is -0.243. The number of amides is 1. The summed E-state index contributed by atoms with van der Waals surface area (Å²) in [7, 11) is -3.86. The number of nitrogens with one attached hydrogen (secondary N) is 1. The van der Waals surface area contributed by atoms with E-state index in [1.807, 2.05) is 0 Å². The molecule has 1 amide bonds. The van der Waals surface area contributed by atoms with Crippen LogP contribution in [0.2, 0.25) is 0 Å². The molecule has 2 aromatic heterocycles. The molecule has 0 spiro atoms. The van der Waals surface area contributed by atoms with E-state index in [1.54, 1.807) is 24.3 Å². The molecular weight excluding hydrogens is 426 g/mol. The third-order valence-corrected chi connectivity index (χ3v) is 6.51. The number of aliphatic hydroxyl groups excluding tert-OH is 2. The Hall–Kier alpha value is -3.22. The number of para-hydroxylation sites is 1. The van der Waals surface area contributed by atoms with Crippen LogP contribution in [0.3, 0.4) is 0 Å². The molecule has 1 aromatic carbocycles. The molecule has 0 bridgehead atoms. The van der Waals surface area contributed by atoms with Gasteiger partial charge in [-0.1, -0.05) is 18.2 Å². The number of nitrogens with zero attached hydrogens (tertiary/aromatic N) is 4. The lowest BCUT2D eigenvalue weighted by Crippen LogP contribution is -2.33. The molecule has 3 N–H and O–H groups in total. The highest BCUT2D eigenvalue weighted by Gasteiger charge is 2.34. The van der Waals surface area contributed by atoms with Gasteiger partial charge in [0.05, 0.1) is 37.6 Å².